The van der Waals surface area contributed by atoms with Crippen molar-refractivity contribution >= 4 is 11.6 Å². The van der Waals surface area contributed by atoms with Gasteiger partial charge >= 0.3 is 0 Å². The molecular formula is C14H18N4O. The highest BCUT2D eigenvalue weighted by atomic mass is 16.1. The van der Waals surface area contributed by atoms with Gasteiger partial charge in [0.1, 0.15) is 0 Å². The molecule has 2 rings (SSSR count). The van der Waals surface area contributed by atoms with E-state index in [-0.39, 0.29) is 5.91 Å². The van der Waals surface area contributed by atoms with E-state index in [0.717, 1.165) is 16.9 Å². The Hall–Kier alpha value is -2.30. The van der Waals surface area contributed by atoms with Gasteiger partial charge < -0.3 is 10.6 Å². The highest BCUT2D eigenvalue weighted by molar-refractivity contribution is 5.95. The van der Waals surface area contributed by atoms with E-state index in [1.54, 1.807) is 6.20 Å². The average molecular weight is 258 g/mol. The lowest BCUT2D eigenvalue weighted by molar-refractivity contribution is 0.0956. The number of carbonyl (C=O) groups excluding carboxylic acids is 1. The fraction of sp³-hybridized carbons (Fsp3) is 0.286. The quantitative estimate of drug-likeness (QED) is 0.769. The zero-order valence-corrected chi connectivity index (χ0v) is 11.2. The number of anilines is 1. The van der Waals surface area contributed by atoms with Crippen LogP contribution in [-0.4, -0.2) is 22.6 Å². The molecule has 0 aliphatic carbocycles. The van der Waals surface area contributed by atoms with Crippen molar-refractivity contribution in [3.63, 3.8) is 0 Å². The second-order valence-electron chi connectivity index (χ2n) is 4.32. The number of aryl methyl sites for hydroxylation is 1. The molecule has 5 heteroatoms. The third-order valence-corrected chi connectivity index (χ3v) is 2.86. The Kier molecular flexibility index (Phi) is 4.18. The number of benzene rings is 1. The third kappa shape index (κ3) is 3.34. The molecule has 2 aromatic rings. The number of aromatic nitrogens is 2. The number of hydrogen-bond donors (Lipinski definition) is 3. The number of nitrogens with one attached hydrogen (secondary N) is 3. The summed E-state index contributed by atoms with van der Waals surface area (Å²) in [6.07, 6.45) is 1.72. The van der Waals surface area contributed by atoms with Gasteiger partial charge in [-0.25, -0.2) is 0 Å². The van der Waals surface area contributed by atoms with Gasteiger partial charge in [-0.05, 0) is 37.6 Å². The minimum absolute atomic E-state index is 0.0490. The molecule has 0 radical (unpaired) electrons. The van der Waals surface area contributed by atoms with E-state index in [1.165, 1.54) is 0 Å². The monoisotopic (exact) mass is 258 g/mol. The summed E-state index contributed by atoms with van der Waals surface area (Å²) in [5, 5.41) is 12.9. The molecule has 5 nitrogen and oxygen atoms in total. The van der Waals surface area contributed by atoms with Crippen molar-refractivity contribution in [3.05, 3.63) is 47.3 Å². The molecule has 0 unspecified atom stereocenters. The maximum absolute atomic E-state index is 11.8. The fourth-order valence-electron chi connectivity index (χ4n) is 1.79. The third-order valence-electron chi connectivity index (χ3n) is 2.86. The van der Waals surface area contributed by atoms with Crippen molar-refractivity contribution in [1.29, 1.82) is 0 Å². The molecule has 0 saturated carbocycles. The normalized spacial score (nSPS) is 10.2. The van der Waals surface area contributed by atoms with Crippen LogP contribution in [0, 0.1) is 6.92 Å². The molecule has 0 aliphatic rings. The largest absolute Gasteiger partial charge is 0.379 e. The predicted molar refractivity (Wildman–Crippen MR) is 75.1 cm³/mol. The molecule has 0 saturated heterocycles. The first kappa shape index (κ1) is 13.1. The van der Waals surface area contributed by atoms with Gasteiger partial charge in [0, 0.05) is 24.0 Å². The van der Waals surface area contributed by atoms with Crippen molar-refractivity contribution in [2.24, 2.45) is 0 Å². The van der Waals surface area contributed by atoms with Crippen LogP contribution in [0.3, 0.4) is 0 Å². The van der Waals surface area contributed by atoms with Gasteiger partial charge in [0.05, 0.1) is 12.2 Å². The summed E-state index contributed by atoms with van der Waals surface area (Å²) in [6.45, 7) is 5.20. The molecule has 0 fully saturated rings. The molecule has 3 N–H and O–H groups in total. The second kappa shape index (κ2) is 6.04. The van der Waals surface area contributed by atoms with E-state index < -0.39 is 0 Å². The van der Waals surface area contributed by atoms with Crippen LogP contribution in [0.2, 0.25) is 0 Å². The van der Waals surface area contributed by atoms with Gasteiger partial charge in [0.15, 0.2) is 0 Å². The van der Waals surface area contributed by atoms with Crippen molar-refractivity contribution < 1.29 is 4.79 Å². The lowest BCUT2D eigenvalue weighted by Gasteiger charge is -2.10. The molecule has 19 heavy (non-hydrogen) atoms. The minimum atomic E-state index is -0.0490. The van der Waals surface area contributed by atoms with Crippen molar-refractivity contribution in [1.82, 2.24) is 15.5 Å². The Balaban J connectivity index is 2.10. The Bertz CT molecular complexity index is 549. The predicted octanol–water partition coefficient (Wildman–Crippen LogP) is 2.08. The first-order valence-electron chi connectivity index (χ1n) is 6.31. The summed E-state index contributed by atoms with van der Waals surface area (Å²) in [7, 11) is 0. The summed E-state index contributed by atoms with van der Waals surface area (Å²) in [5.41, 5.74) is 3.73. The van der Waals surface area contributed by atoms with Crippen LogP contribution < -0.4 is 10.6 Å². The zero-order valence-electron chi connectivity index (χ0n) is 11.2. The summed E-state index contributed by atoms with van der Waals surface area (Å²) in [4.78, 5) is 11.8. The average Bonchev–Trinajstić information content (AvgIpc) is 2.91. The lowest BCUT2D eigenvalue weighted by atomic mass is 10.1. The Labute approximate surface area is 112 Å². The lowest BCUT2D eigenvalue weighted by Crippen LogP contribution is -2.22. The maximum atomic E-state index is 11.8. The number of H-pyrrole nitrogens is 1. The highest BCUT2D eigenvalue weighted by Gasteiger charge is 2.07. The molecule has 1 aromatic heterocycles. The molecule has 0 atom stereocenters. The molecule has 1 amide bonds. The summed E-state index contributed by atoms with van der Waals surface area (Å²) >= 11 is 0. The minimum Gasteiger partial charge on any atom is -0.379 e. The maximum Gasteiger partial charge on any atom is 0.251 e. The first-order valence-corrected chi connectivity index (χ1v) is 6.31. The van der Waals surface area contributed by atoms with Crippen molar-refractivity contribution in [3.8, 4) is 0 Å². The van der Waals surface area contributed by atoms with Gasteiger partial charge in [-0.3, -0.25) is 9.89 Å². The Morgan fingerprint density at radius 1 is 1.37 bits per heavy atom. The van der Waals surface area contributed by atoms with Gasteiger partial charge in [0.2, 0.25) is 0 Å². The number of hydrogen-bond acceptors (Lipinski definition) is 3. The van der Waals surface area contributed by atoms with E-state index in [2.05, 4.69) is 20.8 Å². The summed E-state index contributed by atoms with van der Waals surface area (Å²) in [5.74, 6) is -0.0490. The Morgan fingerprint density at radius 3 is 2.89 bits per heavy atom. The van der Waals surface area contributed by atoms with Crippen LogP contribution in [0.4, 0.5) is 5.69 Å². The molecule has 100 valence electrons. The van der Waals surface area contributed by atoms with Crippen LogP contribution in [0.1, 0.15) is 28.5 Å². The standard InChI is InChI=1S/C14H18N4O/c1-3-15-14(19)11-5-4-10(2)13(8-11)16-9-12-6-7-17-18-12/h4-8,16H,3,9H2,1-2H3,(H,15,19)(H,17,18). The number of carbonyl (C=O) groups is 1. The van der Waals surface area contributed by atoms with Gasteiger partial charge in [-0.15, -0.1) is 0 Å². The Morgan fingerprint density at radius 2 is 2.21 bits per heavy atom. The summed E-state index contributed by atoms with van der Waals surface area (Å²) in [6, 6.07) is 7.56. The number of aromatic amines is 1. The van der Waals surface area contributed by atoms with E-state index in [9.17, 15) is 4.79 Å². The van der Waals surface area contributed by atoms with Gasteiger partial charge in [-0.2, -0.15) is 5.10 Å². The van der Waals surface area contributed by atoms with E-state index >= 15 is 0 Å². The first-order chi connectivity index (χ1) is 9.20. The molecular weight excluding hydrogens is 240 g/mol. The van der Waals surface area contributed by atoms with Gasteiger partial charge in [-0.1, -0.05) is 6.07 Å². The van der Waals surface area contributed by atoms with Gasteiger partial charge in [0.25, 0.3) is 5.91 Å². The van der Waals surface area contributed by atoms with E-state index in [1.807, 2.05) is 38.1 Å². The van der Waals surface area contributed by atoms with E-state index in [0.29, 0.717) is 18.7 Å². The second-order valence-corrected chi connectivity index (χ2v) is 4.32. The fourth-order valence-corrected chi connectivity index (χ4v) is 1.79. The molecule has 1 heterocycles. The zero-order chi connectivity index (χ0) is 13.7. The number of amides is 1. The molecule has 0 bridgehead atoms. The summed E-state index contributed by atoms with van der Waals surface area (Å²) < 4.78 is 0. The smallest absolute Gasteiger partial charge is 0.251 e. The van der Waals surface area contributed by atoms with Crippen LogP contribution in [0.25, 0.3) is 0 Å². The molecule has 0 spiro atoms. The molecule has 1 aromatic carbocycles. The number of nitrogens with zero attached hydrogens (tertiary/aromatic N) is 1. The number of rotatable bonds is 5. The van der Waals surface area contributed by atoms with E-state index in [4.69, 9.17) is 0 Å². The molecule has 0 aliphatic heterocycles. The van der Waals surface area contributed by atoms with Crippen molar-refractivity contribution in [2.45, 2.75) is 20.4 Å². The van der Waals surface area contributed by atoms with Crippen LogP contribution in [-0.2, 0) is 6.54 Å². The SMILES string of the molecule is CCNC(=O)c1ccc(C)c(NCc2ccn[nH]2)c1. The topological polar surface area (TPSA) is 69.8 Å². The van der Waals surface area contributed by atoms with Crippen LogP contribution in [0.15, 0.2) is 30.5 Å². The highest BCUT2D eigenvalue weighted by Crippen LogP contribution is 2.17. The van der Waals surface area contributed by atoms with Crippen molar-refractivity contribution in [2.75, 3.05) is 11.9 Å². The van der Waals surface area contributed by atoms with Crippen LogP contribution >= 0.6 is 0 Å². The van der Waals surface area contributed by atoms with Crippen LogP contribution in [0.5, 0.6) is 0 Å².